The first kappa shape index (κ1) is 13.1. The summed E-state index contributed by atoms with van der Waals surface area (Å²) in [5, 5.41) is 0. The topological polar surface area (TPSA) is 68.2 Å². The molecular formula is C17H19N5. The molecule has 22 heavy (non-hydrogen) atoms. The van der Waals surface area contributed by atoms with Crippen molar-refractivity contribution < 1.29 is 0 Å². The van der Waals surface area contributed by atoms with Crippen molar-refractivity contribution in [2.24, 2.45) is 16.6 Å². The van der Waals surface area contributed by atoms with Crippen LogP contribution in [0.5, 0.6) is 0 Å². The maximum absolute atomic E-state index is 5.79. The maximum atomic E-state index is 5.79. The Kier molecular flexibility index (Phi) is 2.99. The number of amidine groups is 1. The van der Waals surface area contributed by atoms with E-state index in [1.165, 1.54) is 12.8 Å². The zero-order valence-electron chi connectivity index (χ0n) is 12.4. The zero-order chi connectivity index (χ0) is 15.1. The van der Waals surface area contributed by atoms with Crippen LogP contribution in [0, 0.1) is 5.92 Å². The SMILES string of the molecule is C=C(N)c1cccc(-c2cnc3n2NC(=NCC2CC2)C3)c1. The van der Waals surface area contributed by atoms with Crippen LogP contribution in [0.1, 0.15) is 24.2 Å². The lowest BCUT2D eigenvalue weighted by atomic mass is 10.1. The van der Waals surface area contributed by atoms with Crippen LogP contribution in [0.25, 0.3) is 17.0 Å². The molecule has 4 rings (SSSR count). The highest BCUT2D eigenvalue weighted by Gasteiger charge is 2.24. The lowest BCUT2D eigenvalue weighted by Gasteiger charge is -2.08. The molecule has 0 atom stereocenters. The summed E-state index contributed by atoms with van der Waals surface area (Å²) in [7, 11) is 0. The van der Waals surface area contributed by atoms with Crippen molar-refractivity contribution in [3.05, 3.63) is 48.4 Å². The lowest BCUT2D eigenvalue weighted by Crippen LogP contribution is -2.16. The second-order valence-corrected chi connectivity index (χ2v) is 6.02. The molecule has 0 spiro atoms. The molecule has 1 aromatic carbocycles. The van der Waals surface area contributed by atoms with Crippen molar-refractivity contribution in [1.82, 2.24) is 9.66 Å². The summed E-state index contributed by atoms with van der Waals surface area (Å²) in [5.41, 5.74) is 12.8. The second kappa shape index (κ2) is 5.02. The van der Waals surface area contributed by atoms with Gasteiger partial charge in [-0.3, -0.25) is 10.4 Å². The zero-order valence-corrected chi connectivity index (χ0v) is 12.4. The van der Waals surface area contributed by atoms with Gasteiger partial charge in [0.2, 0.25) is 0 Å². The van der Waals surface area contributed by atoms with Crippen molar-refractivity contribution in [3.8, 4) is 11.3 Å². The molecule has 5 heteroatoms. The Balaban J connectivity index is 1.62. The Morgan fingerprint density at radius 2 is 2.32 bits per heavy atom. The molecule has 2 heterocycles. The van der Waals surface area contributed by atoms with Crippen LogP contribution in [-0.4, -0.2) is 22.0 Å². The van der Waals surface area contributed by atoms with Gasteiger partial charge in [-0.1, -0.05) is 24.8 Å². The summed E-state index contributed by atoms with van der Waals surface area (Å²) in [6.45, 7) is 4.74. The third-order valence-electron chi connectivity index (χ3n) is 4.17. The fourth-order valence-electron chi connectivity index (χ4n) is 2.67. The van der Waals surface area contributed by atoms with Crippen LogP contribution < -0.4 is 11.2 Å². The van der Waals surface area contributed by atoms with Gasteiger partial charge in [0.25, 0.3) is 0 Å². The van der Waals surface area contributed by atoms with Gasteiger partial charge in [-0.2, -0.15) is 0 Å². The van der Waals surface area contributed by atoms with Crippen LogP contribution in [0.2, 0.25) is 0 Å². The number of rotatable bonds is 4. The molecule has 3 N–H and O–H groups in total. The number of nitrogens with two attached hydrogens (primary N) is 1. The number of nitrogens with zero attached hydrogens (tertiary/aromatic N) is 3. The van der Waals surface area contributed by atoms with E-state index in [0.29, 0.717) is 5.70 Å². The third kappa shape index (κ3) is 2.39. The van der Waals surface area contributed by atoms with Crippen molar-refractivity contribution in [2.75, 3.05) is 12.0 Å². The van der Waals surface area contributed by atoms with Gasteiger partial charge in [-0.05, 0) is 30.4 Å². The first-order chi connectivity index (χ1) is 10.7. The molecule has 112 valence electrons. The van der Waals surface area contributed by atoms with Crippen LogP contribution in [-0.2, 0) is 6.42 Å². The molecule has 1 saturated carbocycles. The minimum Gasteiger partial charge on any atom is -0.399 e. The van der Waals surface area contributed by atoms with E-state index in [0.717, 1.165) is 47.4 Å². The van der Waals surface area contributed by atoms with Gasteiger partial charge in [0.05, 0.1) is 18.3 Å². The number of benzene rings is 1. The predicted molar refractivity (Wildman–Crippen MR) is 89.0 cm³/mol. The molecule has 5 nitrogen and oxygen atoms in total. The van der Waals surface area contributed by atoms with Crippen LogP contribution in [0.3, 0.4) is 0 Å². The maximum Gasteiger partial charge on any atom is 0.136 e. The van der Waals surface area contributed by atoms with Crippen molar-refractivity contribution in [2.45, 2.75) is 19.3 Å². The number of aromatic nitrogens is 2. The molecule has 2 aromatic rings. The van der Waals surface area contributed by atoms with E-state index < -0.39 is 0 Å². The minimum atomic E-state index is 0.572. The quantitative estimate of drug-likeness (QED) is 0.909. The number of hydrogen-bond acceptors (Lipinski definition) is 3. The van der Waals surface area contributed by atoms with Gasteiger partial charge in [-0.15, -0.1) is 0 Å². The van der Waals surface area contributed by atoms with Crippen molar-refractivity contribution in [1.29, 1.82) is 0 Å². The molecule has 0 unspecified atom stereocenters. The van der Waals surface area contributed by atoms with Gasteiger partial charge in [0.15, 0.2) is 0 Å². The van der Waals surface area contributed by atoms with Crippen LogP contribution in [0.4, 0.5) is 0 Å². The van der Waals surface area contributed by atoms with E-state index in [1.807, 2.05) is 29.1 Å². The van der Waals surface area contributed by atoms with Crippen LogP contribution in [0.15, 0.2) is 42.0 Å². The highest BCUT2D eigenvalue weighted by molar-refractivity contribution is 5.94. The Hall–Kier alpha value is -2.56. The molecular weight excluding hydrogens is 274 g/mol. The monoisotopic (exact) mass is 293 g/mol. The summed E-state index contributed by atoms with van der Waals surface area (Å²) < 4.78 is 2.02. The molecule has 1 fully saturated rings. The van der Waals surface area contributed by atoms with E-state index in [1.54, 1.807) is 0 Å². The van der Waals surface area contributed by atoms with E-state index in [9.17, 15) is 0 Å². The standard InChI is InChI=1S/C17H19N5/c1-11(18)13-3-2-4-14(7-13)15-10-20-17-8-16(21-22(15)17)19-9-12-5-6-12/h2-4,7,10,12H,1,5-6,8-9,18H2,(H,19,21). The fraction of sp³-hybridized carbons (Fsp3) is 0.294. The van der Waals surface area contributed by atoms with Gasteiger partial charge in [-0.25, -0.2) is 9.66 Å². The average molecular weight is 293 g/mol. The normalized spacial score (nSPS) is 18.3. The average Bonchev–Trinajstić information content (AvgIpc) is 3.13. The van der Waals surface area contributed by atoms with Crippen LogP contribution >= 0.6 is 0 Å². The van der Waals surface area contributed by atoms with Gasteiger partial charge in [0, 0.05) is 17.8 Å². The summed E-state index contributed by atoms with van der Waals surface area (Å²) in [4.78, 5) is 9.17. The number of nitrogens with one attached hydrogen (secondary N) is 1. The lowest BCUT2D eigenvalue weighted by molar-refractivity contribution is 0.845. The number of imidazole rings is 1. The number of hydrogen-bond donors (Lipinski definition) is 2. The smallest absolute Gasteiger partial charge is 0.136 e. The first-order valence-corrected chi connectivity index (χ1v) is 7.63. The third-order valence-corrected chi connectivity index (χ3v) is 4.17. The molecule has 1 aromatic heterocycles. The summed E-state index contributed by atoms with van der Waals surface area (Å²) >= 11 is 0. The summed E-state index contributed by atoms with van der Waals surface area (Å²) in [6.07, 6.45) is 5.30. The molecule has 2 aliphatic rings. The Morgan fingerprint density at radius 3 is 3.09 bits per heavy atom. The number of fused-ring (bicyclic) bond motifs is 1. The van der Waals surface area contributed by atoms with E-state index in [2.05, 4.69) is 28.0 Å². The predicted octanol–water partition coefficient (Wildman–Crippen LogP) is 2.39. The highest BCUT2D eigenvalue weighted by Crippen LogP contribution is 2.29. The fourth-order valence-corrected chi connectivity index (χ4v) is 2.67. The molecule has 0 saturated heterocycles. The summed E-state index contributed by atoms with van der Waals surface area (Å²) in [6, 6.07) is 8.04. The van der Waals surface area contributed by atoms with E-state index in [-0.39, 0.29) is 0 Å². The highest BCUT2D eigenvalue weighted by atomic mass is 15.5. The van der Waals surface area contributed by atoms with Crippen molar-refractivity contribution >= 4 is 11.5 Å². The number of aliphatic imine (C=N–C) groups is 1. The molecule has 0 amide bonds. The molecule has 0 bridgehead atoms. The Morgan fingerprint density at radius 1 is 1.45 bits per heavy atom. The van der Waals surface area contributed by atoms with Gasteiger partial charge in [0.1, 0.15) is 11.7 Å². The Labute approximate surface area is 129 Å². The minimum absolute atomic E-state index is 0.572. The Bertz CT molecular complexity index is 767. The second-order valence-electron chi connectivity index (χ2n) is 6.02. The molecule has 1 aliphatic heterocycles. The summed E-state index contributed by atoms with van der Waals surface area (Å²) in [5.74, 6) is 2.81. The largest absolute Gasteiger partial charge is 0.399 e. The van der Waals surface area contributed by atoms with Gasteiger partial charge < -0.3 is 5.73 Å². The van der Waals surface area contributed by atoms with Crippen molar-refractivity contribution in [3.63, 3.8) is 0 Å². The van der Waals surface area contributed by atoms with Gasteiger partial charge >= 0.3 is 0 Å². The van der Waals surface area contributed by atoms with E-state index in [4.69, 9.17) is 5.73 Å². The molecule has 0 radical (unpaired) electrons. The van der Waals surface area contributed by atoms with E-state index >= 15 is 0 Å². The molecule has 1 aliphatic carbocycles. The first-order valence-electron chi connectivity index (χ1n) is 7.63.